The molecule has 26 heavy (non-hydrogen) atoms. The van der Waals surface area contributed by atoms with Crippen LogP contribution in [0.25, 0.3) is 0 Å². The fourth-order valence-electron chi connectivity index (χ4n) is 2.06. The predicted molar refractivity (Wildman–Crippen MR) is 103 cm³/mol. The van der Waals surface area contributed by atoms with Crippen molar-refractivity contribution in [3.8, 4) is 0 Å². The van der Waals surface area contributed by atoms with Crippen molar-refractivity contribution in [1.29, 1.82) is 0 Å². The lowest BCUT2D eigenvalue weighted by atomic mass is 9.95. The standard InChI is InChI=1S/C18H21BrN4O3/c1-18(2,3)17(26)20-13-7-5-6-11(8-13)15(24)21-22-16(25)14-9-12(19)10-23(14)4/h5-10H,1-4H3,(H,20,26)(H,21,24)(H,22,25). The van der Waals surface area contributed by atoms with Gasteiger partial charge in [0.05, 0.1) is 0 Å². The number of rotatable bonds is 3. The van der Waals surface area contributed by atoms with E-state index < -0.39 is 17.2 Å². The van der Waals surface area contributed by atoms with Crippen LogP contribution < -0.4 is 16.2 Å². The highest BCUT2D eigenvalue weighted by atomic mass is 79.9. The Bertz CT molecular complexity index is 852. The summed E-state index contributed by atoms with van der Waals surface area (Å²) < 4.78 is 2.40. The third kappa shape index (κ3) is 4.95. The molecule has 1 aromatic carbocycles. The van der Waals surface area contributed by atoms with Crippen LogP contribution in [0.4, 0.5) is 5.69 Å². The molecule has 0 aliphatic rings. The molecule has 138 valence electrons. The number of halogens is 1. The summed E-state index contributed by atoms with van der Waals surface area (Å²) in [4.78, 5) is 36.4. The van der Waals surface area contributed by atoms with E-state index >= 15 is 0 Å². The number of carbonyl (C=O) groups is 3. The van der Waals surface area contributed by atoms with E-state index in [9.17, 15) is 14.4 Å². The average Bonchev–Trinajstić information content (AvgIpc) is 2.90. The third-order valence-electron chi connectivity index (χ3n) is 3.56. The van der Waals surface area contributed by atoms with Gasteiger partial charge in [-0.05, 0) is 40.2 Å². The highest BCUT2D eigenvalue weighted by molar-refractivity contribution is 9.10. The molecular formula is C18H21BrN4O3. The summed E-state index contributed by atoms with van der Waals surface area (Å²) in [7, 11) is 1.73. The van der Waals surface area contributed by atoms with Gasteiger partial charge in [-0.15, -0.1) is 0 Å². The SMILES string of the molecule is Cn1cc(Br)cc1C(=O)NNC(=O)c1cccc(NC(=O)C(C)(C)C)c1. The Hall–Kier alpha value is -2.61. The van der Waals surface area contributed by atoms with Crippen LogP contribution in [-0.2, 0) is 11.8 Å². The Morgan fingerprint density at radius 1 is 1.04 bits per heavy atom. The van der Waals surface area contributed by atoms with Gasteiger partial charge in [-0.3, -0.25) is 25.2 Å². The van der Waals surface area contributed by atoms with Crippen molar-refractivity contribution in [2.45, 2.75) is 20.8 Å². The first-order valence-corrected chi connectivity index (χ1v) is 8.71. The van der Waals surface area contributed by atoms with Crippen molar-refractivity contribution in [3.05, 3.63) is 52.3 Å². The summed E-state index contributed by atoms with van der Waals surface area (Å²) in [6, 6.07) is 8.13. The Kier molecular flexibility index (Phi) is 5.86. The first-order chi connectivity index (χ1) is 12.1. The Morgan fingerprint density at radius 3 is 2.27 bits per heavy atom. The number of anilines is 1. The van der Waals surface area contributed by atoms with Crippen molar-refractivity contribution >= 4 is 39.3 Å². The zero-order valence-electron chi connectivity index (χ0n) is 15.0. The van der Waals surface area contributed by atoms with Crippen LogP contribution >= 0.6 is 15.9 Å². The second-order valence-corrected chi connectivity index (χ2v) is 7.76. The summed E-state index contributed by atoms with van der Waals surface area (Å²) in [5.74, 6) is -1.08. The first kappa shape index (κ1) is 19.7. The number of nitrogens with zero attached hydrogens (tertiary/aromatic N) is 1. The normalized spacial score (nSPS) is 11.0. The van der Waals surface area contributed by atoms with Gasteiger partial charge in [-0.25, -0.2) is 0 Å². The maximum Gasteiger partial charge on any atom is 0.286 e. The number of hydrogen-bond donors (Lipinski definition) is 3. The molecule has 0 radical (unpaired) electrons. The molecule has 0 saturated heterocycles. The summed E-state index contributed by atoms with van der Waals surface area (Å²) >= 11 is 3.29. The van der Waals surface area contributed by atoms with Gasteiger partial charge in [0.1, 0.15) is 5.69 Å². The molecule has 2 rings (SSSR count). The monoisotopic (exact) mass is 420 g/mol. The van der Waals surface area contributed by atoms with E-state index in [1.54, 1.807) is 68.9 Å². The molecule has 3 amide bonds. The van der Waals surface area contributed by atoms with Gasteiger partial charge in [0.2, 0.25) is 5.91 Å². The van der Waals surface area contributed by atoms with Crippen LogP contribution in [0.3, 0.4) is 0 Å². The number of amides is 3. The number of aromatic nitrogens is 1. The van der Waals surface area contributed by atoms with E-state index in [1.165, 1.54) is 0 Å². The fourth-order valence-corrected chi connectivity index (χ4v) is 2.58. The average molecular weight is 421 g/mol. The first-order valence-electron chi connectivity index (χ1n) is 7.92. The number of hydrazine groups is 1. The van der Waals surface area contributed by atoms with Crippen molar-refractivity contribution in [2.75, 3.05) is 5.32 Å². The van der Waals surface area contributed by atoms with E-state index in [2.05, 4.69) is 32.1 Å². The van der Waals surface area contributed by atoms with Crippen molar-refractivity contribution in [2.24, 2.45) is 12.5 Å². The zero-order valence-corrected chi connectivity index (χ0v) is 16.6. The van der Waals surface area contributed by atoms with Gasteiger partial charge in [0, 0.05) is 34.4 Å². The zero-order chi connectivity index (χ0) is 19.5. The second kappa shape index (κ2) is 7.74. The molecule has 1 aromatic heterocycles. The minimum absolute atomic E-state index is 0.155. The van der Waals surface area contributed by atoms with Gasteiger partial charge < -0.3 is 9.88 Å². The van der Waals surface area contributed by atoms with Crippen LogP contribution in [0.5, 0.6) is 0 Å². The highest BCUT2D eigenvalue weighted by Crippen LogP contribution is 2.18. The van der Waals surface area contributed by atoms with Crippen LogP contribution in [0.15, 0.2) is 41.0 Å². The van der Waals surface area contributed by atoms with E-state index in [0.717, 1.165) is 4.47 Å². The molecule has 0 aliphatic heterocycles. The molecule has 7 nitrogen and oxygen atoms in total. The number of hydrogen-bond acceptors (Lipinski definition) is 3. The number of carbonyl (C=O) groups excluding carboxylic acids is 3. The van der Waals surface area contributed by atoms with Crippen LogP contribution in [0.1, 0.15) is 41.6 Å². The van der Waals surface area contributed by atoms with Gasteiger partial charge >= 0.3 is 0 Å². The molecule has 0 saturated carbocycles. The molecule has 0 unspecified atom stereocenters. The summed E-state index contributed by atoms with van der Waals surface area (Å²) in [6.07, 6.45) is 1.73. The minimum Gasteiger partial charge on any atom is -0.345 e. The quantitative estimate of drug-likeness (QED) is 0.666. The second-order valence-electron chi connectivity index (χ2n) is 6.85. The topological polar surface area (TPSA) is 92.2 Å². The third-order valence-corrected chi connectivity index (χ3v) is 3.99. The number of nitrogens with one attached hydrogen (secondary N) is 3. The molecule has 0 bridgehead atoms. The minimum atomic E-state index is -0.546. The van der Waals surface area contributed by atoms with Gasteiger partial charge in [0.25, 0.3) is 11.8 Å². The molecule has 1 heterocycles. The molecule has 8 heteroatoms. The van der Waals surface area contributed by atoms with Crippen LogP contribution in [0.2, 0.25) is 0 Å². The lowest BCUT2D eigenvalue weighted by Crippen LogP contribution is -2.42. The predicted octanol–water partition coefficient (Wildman–Crippen LogP) is 2.85. The van der Waals surface area contributed by atoms with E-state index in [1.807, 2.05) is 0 Å². The molecular weight excluding hydrogens is 400 g/mol. The Morgan fingerprint density at radius 2 is 1.69 bits per heavy atom. The van der Waals surface area contributed by atoms with Gasteiger partial charge in [-0.1, -0.05) is 26.8 Å². The summed E-state index contributed by atoms with van der Waals surface area (Å²) in [5.41, 5.74) is 5.40. The highest BCUT2D eigenvalue weighted by Gasteiger charge is 2.21. The van der Waals surface area contributed by atoms with Gasteiger partial charge in [0.15, 0.2) is 0 Å². The Labute approximate surface area is 160 Å². The Balaban J connectivity index is 2.01. The molecule has 3 N–H and O–H groups in total. The van der Waals surface area contributed by atoms with E-state index in [4.69, 9.17) is 0 Å². The number of benzene rings is 1. The maximum atomic E-state index is 12.3. The lowest BCUT2D eigenvalue weighted by molar-refractivity contribution is -0.123. The van der Waals surface area contributed by atoms with Crippen molar-refractivity contribution < 1.29 is 14.4 Å². The van der Waals surface area contributed by atoms with Crippen LogP contribution in [0, 0.1) is 5.41 Å². The summed E-state index contributed by atoms with van der Waals surface area (Å²) in [5, 5.41) is 2.76. The summed E-state index contributed by atoms with van der Waals surface area (Å²) in [6.45, 7) is 5.41. The van der Waals surface area contributed by atoms with E-state index in [-0.39, 0.29) is 5.91 Å². The van der Waals surface area contributed by atoms with Crippen molar-refractivity contribution in [1.82, 2.24) is 15.4 Å². The molecule has 0 spiro atoms. The van der Waals surface area contributed by atoms with E-state index in [0.29, 0.717) is 16.9 Å². The van der Waals surface area contributed by atoms with Crippen LogP contribution in [-0.4, -0.2) is 22.3 Å². The maximum absolute atomic E-state index is 12.3. The molecule has 2 aromatic rings. The fraction of sp³-hybridized carbons (Fsp3) is 0.278. The largest absolute Gasteiger partial charge is 0.345 e. The molecule has 0 fully saturated rings. The molecule has 0 atom stereocenters. The van der Waals surface area contributed by atoms with Crippen molar-refractivity contribution in [3.63, 3.8) is 0 Å². The smallest absolute Gasteiger partial charge is 0.286 e. The lowest BCUT2D eigenvalue weighted by Gasteiger charge is -2.18. The molecule has 0 aliphatic carbocycles. The number of aryl methyl sites for hydroxylation is 1. The van der Waals surface area contributed by atoms with Gasteiger partial charge in [-0.2, -0.15) is 0 Å².